The van der Waals surface area contributed by atoms with Crippen molar-refractivity contribution in [1.82, 2.24) is 4.98 Å². The number of primary amides is 1. The molecule has 7 heteroatoms. The Bertz CT molecular complexity index is 548. The van der Waals surface area contributed by atoms with Crippen molar-refractivity contribution in [1.29, 1.82) is 0 Å². The van der Waals surface area contributed by atoms with Gasteiger partial charge >= 0.3 is 0 Å². The van der Waals surface area contributed by atoms with Crippen molar-refractivity contribution in [3.8, 4) is 0 Å². The quantitative estimate of drug-likeness (QED) is 0.869. The topological polar surface area (TPSA) is 85.1 Å². The number of hydrogen-bond acceptors (Lipinski definition) is 5. The number of amides is 2. The summed E-state index contributed by atoms with van der Waals surface area (Å²) < 4.78 is 0. The number of carbonyl (C=O) groups is 2. The average molecular weight is 281 g/mol. The van der Waals surface area contributed by atoms with Crippen molar-refractivity contribution in [2.45, 2.75) is 12.8 Å². The second-order valence-electron chi connectivity index (χ2n) is 3.64. The van der Waals surface area contributed by atoms with E-state index in [1.807, 2.05) is 16.8 Å². The van der Waals surface area contributed by atoms with Gasteiger partial charge in [-0.25, -0.2) is 4.98 Å². The number of rotatable bonds is 5. The fourth-order valence-electron chi connectivity index (χ4n) is 1.37. The third kappa shape index (κ3) is 3.64. The molecule has 3 N–H and O–H groups in total. The first-order valence-electron chi connectivity index (χ1n) is 5.17. The third-order valence-corrected chi connectivity index (χ3v) is 3.64. The summed E-state index contributed by atoms with van der Waals surface area (Å²) >= 11 is 2.84. The van der Waals surface area contributed by atoms with Gasteiger partial charge in [-0.1, -0.05) is 0 Å². The largest absolute Gasteiger partial charge is 0.369 e. The van der Waals surface area contributed by atoms with Crippen molar-refractivity contribution < 1.29 is 9.59 Å². The van der Waals surface area contributed by atoms with Gasteiger partial charge in [-0.15, -0.1) is 11.3 Å². The Kier molecular flexibility index (Phi) is 4.06. The summed E-state index contributed by atoms with van der Waals surface area (Å²) in [7, 11) is 0. The standard InChI is InChI=1S/C11H11N3O2S2/c12-9(15)4-8-6-18-11(13-8)14-10(16)3-7-1-2-17-5-7/h1-2,5-6H,3-4H2,(H2,12,15)(H,13,14,16). The number of thiazole rings is 1. The fourth-order valence-corrected chi connectivity index (χ4v) is 2.76. The highest BCUT2D eigenvalue weighted by molar-refractivity contribution is 7.14. The summed E-state index contributed by atoms with van der Waals surface area (Å²) in [6.45, 7) is 0. The Morgan fingerprint density at radius 1 is 1.33 bits per heavy atom. The zero-order valence-electron chi connectivity index (χ0n) is 9.38. The van der Waals surface area contributed by atoms with E-state index < -0.39 is 5.91 Å². The Hall–Kier alpha value is -1.73. The average Bonchev–Trinajstić information content (AvgIpc) is 2.89. The maximum Gasteiger partial charge on any atom is 0.230 e. The molecule has 0 spiro atoms. The lowest BCUT2D eigenvalue weighted by Crippen LogP contribution is -2.15. The summed E-state index contributed by atoms with van der Waals surface area (Å²) in [5.41, 5.74) is 6.62. The van der Waals surface area contributed by atoms with E-state index in [0.717, 1.165) is 5.56 Å². The van der Waals surface area contributed by atoms with Crippen LogP contribution in [0.25, 0.3) is 0 Å². The molecule has 0 radical (unpaired) electrons. The summed E-state index contributed by atoms with van der Waals surface area (Å²) in [5, 5.41) is 8.76. The van der Waals surface area contributed by atoms with Gasteiger partial charge in [-0.2, -0.15) is 11.3 Å². The van der Waals surface area contributed by atoms with Crippen LogP contribution in [0.2, 0.25) is 0 Å². The Balaban J connectivity index is 1.91. The van der Waals surface area contributed by atoms with Gasteiger partial charge in [0, 0.05) is 5.38 Å². The molecule has 2 rings (SSSR count). The van der Waals surface area contributed by atoms with E-state index in [0.29, 0.717) is 17.2 Å². The van der Waals surface area contributed by atoms with Gasteiger partial charge in [0.25, 0.3) is 0 Å². The molecule has 0 unspecified atom stereocenters. The van der Waals surface area contributed by atoms with Crippen LogP contribution >= 0.6 is 22.7 Å². The number of nitrogens with two attached hydrogens (primary N) is 1. The number of aromatic nitrogens is 1. The Labute approximate surface area is 112 Å². The molecule has 0 aliphatic rings. The molecule has 5 nitrogen and oxygen atoms in total. The van der Waals surface area contributed by atoms with E-state index in [1.54, 1.807) is 16.7 Å². The van der Waals surface area contributed by atoms with Gasteiger partial charge in [0.2, 0.25) is 11.8 Å². The molecule has 0 fully saturated rings. The molecule has 0 atom stereocenters. The van der Waals surface area contributed by atoms with Gasteiger partial charge < -0.3 is 11.1 Å². The summed E-state index contributed by atoms with van der Waals surface area (Å²) in [6.07, 6.45) is 0.422. The molecule has 0 aliphatic heterocycles. The van der Waals surface area contributed by atoms with Crippen molar-refractivity contribution in [2.24, 2.45) is 5.73 Å². The first-order chi connectivity index (χ1) is 8.63. The number of thiophene rings is 1. The molecule has 2 heterocycles. The lowest BCUT2D eigenvalue weighted by molar-refractivity contribution is -0.117. The molecule has 18 heavy (non-hydrogen) atoms. The number of hydrogen-bond donors (Lipinski definition) is 2. The zero-order chi connectivity index (χ0) is 13.0. The van der Waals surface area contributed by atoms with Crippen molar-refractivity contribution in [3.05, 3.63) is 33.5 Å². The molecular formula is C11H11N3O2S2. The van der Waals surface area contributed by atoms with E-state index in [1.165, 1.54) is 11.3 Å². The molecule has 94 valence electrons. The number of nitrogens with zero attached hydrogens (tertiary/aromatic N) is 1. The van der Waals surface area contributed by atoms with Crippen LogP contribution in [0.5, 0.6) is 0 Å². The number of anilines is 1. The molecule has 0 bridgehead atoms. The molecule has 2 aromatic rings. The summed E-state index contributed by atoms with van der Waals surface area (Å²) in [4.78, 5) is 26.5. The first kappa shape index (κ1) is 12.7. The van der Waals surface area contributed by atoms with Gasteiger partial charge in [0.15, 0.2) is 5.13 Å². The highest BCUT2D eigenvalue weighted by Crippen LogP contribution is 2.16. The van der Waals surface area contributed by atoms with E-state index >= 15 is 0 Å². The minimum absolute atomic E-state index is 0.0941. The minimum atomic E-state index is -0.434. The van der Waals surface area contributed by atoms with E-state index in [9.17, 15) is 9.59 Å². The fraction of sp³-hybridized carbons (Fsp3) is 0.182. The Morgan fingerprint density at radius 2 is 2.17 bits per heavy atom. The molecule has 0 aliphatic carbocycles. The molecule has 0 saturated carbocycles. The van der Waals surface area contributed by atoms with Gasteiger partial charge in [0.05, 0.1) is 18.5 Å². The maximum atomic E-state index is 11.7. The van der Waals surface area contributed by atoms with Crippen LogP contribution in [0, 0.1) is 0 Å². The van der Waals surface area contributed by atoms with Crippen molar-refractivity contribution >= 4 is 39.6 Å². The monoisotopic (exact) mass is 281 g/mol. The van der Waals surface area contributed by atoms with E-state index in [-0.39, 0.29) is 12.3 Å². The predicted molar refractivity (Wildman–Crippen MR) is 71.7 cm³/mol. The highest BCUT2D eigenvalue weighted by atomic mass is 32.1. The zero-order valence-corrected chi connectivity index (χ0v) is 11.0. The van der Waals surface area contributed by atoms with Crippen molar-refractivity contribution in [3.63, 3.8) is 0 Å². The van der Waals surface area contributed by atoms with Crippen LogP contribution in [0.15, 0.2) is 22.2 Å². The van der Waals surface area contributed by atoms with E-state index in [2.05, 4.69) is 10.3 Å². The lowest BCUT2D eigenvalue weighted by atomic mass is 10.2. The second kappa shape index (κ2) is 5.74. The first-order valence-corrected chi connectivity index (χ1v) is 6.99. The summed E-state index contributed by atoms with van der Waals surface area (Å²) in [6, 6.07) is 1.91. The normalized spacial score (nSPS) is 10.2. The Morgan fingerprint density at radius 3 is 2.83 bits per heavy atom. The molecule has 0 saturated heterocycles. The maximum absolute atomic E-state index is 11.7. The number of carbonyl (C=O) groups excluding carboxylic acids is 2. The third-order valence-electron chi connectivity index (χ3n) is 2.10. The molecule has 0 aromatic carbocycles. The van der Waals surface area contributed by atoms with E-state index in [4.69, 9.17) is 5.73 Å². The van der Waals surface area contributed by atoms with Crippen LogP contribution in [-0.4, -0.2) is 16.8 Å². The van der Waals surface area contributed by atoms with Crippen LogP contribution in [0.1, 0.15) is 11.3 Å². The molecule has 2 amide bonds. The van der Waals surface area contributed by atoms with Crippen LogP contribution in [-0.2, 0) is 22.4 Å². The minimum Gasteiger partial charge on any atom is -0.369 e. The predicted octanol–water partition coefficient (Wildman–Crippen LogP) is 1.41. The lowest BCUT2D eigenvalue weighted by Gasteiger charge is -1.99. The molecule has 2 aromatic heterocycles. The van der Waals surface area contributed by atoms with Crippen LogP contribution in [0.3, 0.4) is 0 Å². The van der Waals surface area contributed by atoms with Crippen LogP contribution < -0.4 is 11.1 Å². The van der Waals surface area contributed by atoms with Crippen molar-refractivity contribution in [2.75, 3.05) is 5.32 Å². The second-order valence-corrected chi connectivity index (χ2v) is 5.28. The van der Waals surface area contributed by atoms with Crippen LogP contribution in [0.4, 0.5) is 5.13 Å². The SMILES string of the molecule is NC(=O)Cc1csc(NC(=O)Cc2ccsc2)n1. The van der Waals surface area contributed by atoms with Gasteiger partial charge in [-0.3, -0.25) is 9.59 Å². The van der Waals surface area contributed by atoms with Gasteiger partial charge in [-0.05, 0) is 22.4 Å². The molecular weight excluding hydrogens is 270 g/mol. The van der Waals surface area contributed by atoms with Gasteiger partial charge in [0.1, 0.15) is 0 Å². The highest BCUT2D eigenvalue weighted by Gasteiger charge is 2.09. The smallest absolute Gasteiger partial charge is 0.230 e. The summed E-state index contributed by atoms with van der Waals surface area (Å²) in [5.74, 6) is -0.551. The number of nitrogens with one attached hydrogen (secondary N) is 1.